The molecule has 0 aromatic heterocycles. The van der Waals surface area contributed by atoms with Crippen LogP contribution < -0.4 is 5.73 Å². The molecule has 126 valence electrons. The molecule has 0 aliphatic heterocycles. The maximum absolute atomic E-state index is 10.5. The number of phenols is 1. The Morgan fingerprint density at radius 3 is 2.13 bits per heavy atom. The molecule has 1 atom stereocenters. The normalized spacial score (nSPS) is 13.4. The predicted octanol–water partition coefficient (Wildman–Crippen LogP) is 4.16. The molecule has 0 heterocycles. The number of hydrogen-bond donors (Lipinski definition) is 2. The van der Waals surface area contributed by atoms with E-state index in [1.54, 1.807) is 6.07 Å². The molecule has 3 nitrogen and oxygen atoms in total. The van der Waals surface area contributed by atoms with Gasteiger partial charge in [0.05, 0.1) is 6.04 Å². The molecule has 1 unspecified atom stereocenters. The summed E-state index contributed by atoms with van der Waals surface area (Å²) in [7, 11) is 0. The number of aromatic hydroxyl groups is 1. The lowest BCUT2D eigenvalue weighted by molar-refractivity contribution is 0.159. The summed E-state index contributed by atoms with van der Waals surface area (Å²) in [4.78, 5) is 2.43. The molecule has 0 bridgehead atoms. The number of nitrogens with two attached hydrogens (primary N) is 1. The zero-order valence-electron chi connectivity index (χ0n) is 14.8. The van der Waals surface area contributed by atoms with Crippen LogP contribution in [0.3, 0.4) is 0 Å². The van der Waals surface area contributed by atoms with Crippen molar-refractivity contribution in [1.29, 1.82) is 0 Å². The van der Waals surface area contributed by atoms with Gasteiger partial charge in [0.2, 0.25) is 0 Å². The monoisotopic (exact) mass is 314 g/mol. The van der Waals surface area contributed by atoms with Crippen LogP contribution >= 0.6 is 0 Å². The molecule has 0 saturated carbocycles. The van der Waals surface area contributed by atoms with E-state index in [0.717, 1.165) is 29.4 Å². The first-order chi connectivity index (χ1) is 10.9. The van der Waals surface area contributed by atoms with Crippen LogP contribution in [0.1, 0.15) is 39.3 Å². The van der Waals surface area contributed by atoms with Gasteiger partial charge in [-0.15, -0.1) is 0 Å². The van der Waals surface area contributed by atoms with E-state index >= 15 is 0 Å². The van der Waals surface area contributed by atoms with Gasteiger partial charge in [-0.1, -0.05) is 58.0 Å². The highest BCUT2D eigenvalue weighted by atomic mass is 16.3. The molecule has 3 heteroatoms. The minimum absolute atomic E-state index is 0.0332. The quantitative estimate of drug-likeness (QED) is 0.807. The molecule has 2 aromatic carbocycles. The largest absolute Gasteiger partial charge is 0.508 e. The molecular weight excluding hydrogens is 284 g/mol. The van der Waals surface area contributed by atoms with Crippen LogP contribution in [0.2, 0.25) is 0 Å². The molecule has 0 saturated heterocycles. The Hall–Kier alpha value is -1.58. The van der Waals surface area contributed by atoms with Gasteiger partial charge >= 0.3 is 0 Å². The molecular formula is C20H30N2O. The summed E-state index contributed by atoms with van der Waals surface area (Å²) in [5.41, 5.74) is 7.13. The first-order valence-corrected chi connectivity index (χ1v) is 8.58. The van der Waals surface area contributed by atoms with Crippen molar-refractivity contribution < 1.29 is 5.11 Å². The average molecular weight is 314 g/mol. The summed E-state index contributed by atoms with van der Waals surface area (Å²) in [6.07, 6.45) is 0. The van der Waals surface area contributed by atoms with E-state index < -0.39 is 0 Å². The third kappa shape index (κ3) is 4.24. The summed E-state index contributed by atoms with van der Waals surface area (Å²) in [5, 5.41) is 12.8. The van der Waals surface area contributed by atoms with E-state index in [-0.39, 0.29) is 6.04 Å². The zero-order chi connectivity index (χ0) is 17.0. The lowest BCUT2D eigenvalue weighted by Crippen LogP contribution is -2.38. The smallest absolute Gasteiger partial charge is 0.121 e. The van der Waals surface area contributed by atoms with E-state index in [1.807, 2.05) is 18.2 Å². The van der Waals surface area contributed by atoms with Gasteiger partial charge < -0.3 is 10.8 Å². The minimum Gasteiger partial charge on any atom is -0.508 e. The molecule has 0 spiro atoms. The summed E-state index contributed by atoms with van der Waals surface area (Å²) < 4.78 is 0. The molecule has 0 aliphatic carbocycles. The minimum atomic E-state index is 0.0332. The van der Waals surface area contributed by atoms with Crippen molar-refractivity contribution in [3.05, 3.63) is 42.0 Å². The maximum atomic E-state index is 10.5. The second-order valence-electron chi connectivity index (χ2n) is 7.21. The van der Waals surface area contributed by atoms with Crippen LogP contribution in [0.5, 0.6) is 5.75 Å². The van der Waals surface area contributed by atoms with Crippen LogP contribution in [0.4, 0.5) is 0 Å². The van der Waals surface area contributed by atoms with Gasteiger partial charge in [0, 0.05) is 25.2 Å². The standard InChI is InChI=1S/C20H30N2O/c1-14(2)12-22(13-15(3)4)18(11-21)20-17-8-6-5-7-16(17)9-10-19(20)23/h5-10,14-15,18,23H,11-13,21H2,1-4H3. The van der Waals surface area contributed by atoms with E-state index in [2.05, 4.69) is 44.7 Å². The van der Waals surface area contributed by atoms with Gasteiger partial charge in [-0.2, -0.15) is 0 Å². The second kappa shape index (κ2) is 7.80. The number of fused-ring (bicyclic) bond motifs is 1. The van der Waals surface area contributed by atoms with Crippen molar-refractivity contribution in [2.45, 2.75) is 33.7 Å². The van der Waals surface area contributed by atoms with E-state index in [0.29, 0.717) is 24.1 Å². The second-order valence-corrected chi connectivity index (χ2v) is 7.21. The molecule has 0 fully saturated rings. The van der Waals surface area contributed by atoms with Gasteiger partial charge in [0.25, 0.3) is 0 Å². The lowest BCUT2D eigenvalue weighted by atomic mass is 9.95. The molecule has 0 amide bonds. The fraction of sp³-hybridized carbons (Fsp3) is 0.500. The summed E-state index contributed by atoms with van der Waals surface area (Å²) in [6.45, 7) is 11.4. The summed E-state index contributed by atoms with van der Waals surface area (Å²) in [6, 6.07) is 12.0. The molecule has 23 heavy (non-hydrogen) atoms. The topological polar surface area (TPSA) is 49.5 Å². The van der Waals surface area contributed by atoms with Gasteiger partial charge in [-0.25, -0.2) is 0 Å². The Kier molecular flexibility index (Phi) is 6.03. The SMILES string of the molecule is CC(C)CN(CC(C)C)C(CN)c1c(O)ccc2ccccc12. The Balaban J connectivity index is 2.51. The molecule has 2 aromatic rings. The van der Waals surface area contributed by atoms with Crippen molar-refractivity contribution in [1.82, 2.24) is 4.90 Å². The fourth-order valence-corrected chi connectivity index (χ4v) is 3.35. The number of nitrogens with zero attached hydrogens (tertiary/aromatic N) is 1. The summed E-state index contributed by atoms with van der Waals surface area (Å²) >= 11 is 0. The molecule has 3 N–H and O–H groups in total. The Labute approximate surface area is 140 Å². The summed E-state index contributed by atoms with van der Waals surface area (Å²) in [5.74, 6) is 1.46. The van der Waals surface area contributed by atoms with Crippen molar-refractivity contribution in [3.63, 3.8) is 0 Å². The van der Waals surface area contributed by atoms with Gasteiger partial charge in [-0.05, 0) is 28.7 Å². The Bertz CT molecular complexity index is 627. The predicted molar refractivity (Wildman–Crippen MR) is 98.7 cm³/mol. The van der Waals surface area contributed by atoms with Crippen molar-refractivity contribution >= 4 is 10.8 Å². The fourth-order valence-electron chi connectivity index (χ4n) is 3.35. The van der Waals surface area contributed by atoms with E-state index in [1.165, 1.54) is 0 Å². The van der Waals surface area contributed by atoms with Gasteiger partial charge in [0.15, 0.2) is 0 Å². The number of rotatable bonds is 7. The highest BCUT2D eigenvalue weighted by Gasteiger charge is 2.25. The molecule has 2 rings (SSSR count). The van der Waals surface area contributed by atoms with Crippen LogP contribution in [0.25, 0.3) is 10.8 Å². The lowest BCUT2D eigenvalue weighted by Gasteiger charge is -2.34. The molecule has 0 radical (unpaired) electrons. The van der Waals surface area contributed by atoms with Gasteiger partial charge in [0.1, 0.15) is 5.75 Å². The highest BCUT2D eigenvalue weighted by molar-refractivity contribution is 5.88. The van der Waals surface area contributed by atoms with Crippen LogP contribution in [0, 0.1) is 11.8 Å². The number of phenolic OH excluding ortho intramolecular Hbond substituents is 1. The van der Waals surface area contributed by atoms with Gasteiger partial charge in [-0.3, -0.25) is 4.90 Å². The van der Waals surface area contributed by atoms with Crippen LogP contribution in [0.15, 0.2) is 36.4 Å². The Morgan fingerprint density at radius 1 is 0.957 bits per heavy atom. The van der Waals surface area contributed by atoms with Crippen molar-refractivity contribution in [2.24, 2.45) is 17.6 Å². The number of hydrogen-bond acceptors (Lipinski definition) is 3. The third-order valence-corrected chi connectivity index (χ3v) is 4.14. The zero-order valence-corrected chi connectivity index (χ0v) is 14.8. The van der Waals surface area contributed by atoms with E-state index in [4.69, 9.17) is 5.73 Å². The van der Waals surface area contributed by atoms with Crippen LogP contribution in [-0.4, -0.2) is 29.6 Å². The van der Waals surface area contributed by atoms with Crippen molar-refractivity contribution in [2.75, 3.05) is 19.6 Å². The van der Waals surface area contributed by atoms with Crippen molar-refractivity contribution in [3.8, 4) is 5.75 Å². The first kappa shape index (κ1) is 17.8. The third-order valence-electron chi connectivity index (χ3n) is 4.14. The first-order valence-electron chi connectivity index (χ1n) is 8.58. The van der Waals surface area contributed by atoms with E-state index in [9.17, 15) is 5.11 Å². The maximum Gasteiger partial charge on any atom is 0.121 e. The highest BCUT2D eigenvalue weighted by Crippen LogP contribution is 2.35. The number of benzene rings is 2. The molecule has 0 aliphatic rings. The Morgan fingerprint density at radius 2 is 1.57 bits per heavy atom. The van der Waals surface area contributed by atoms with Crippen LogP contribution in [-0.2, 0) is 0 Å². The average Bonchev–Trinajstić information content (AvgIpc) is 2.49.